The number of carbonyl (C=O) groups is 1. The van der Waals surface area contributed by atoms with Gasteiger partial charge in [0.1, 0.15) is 5.75 Å². The van der Waals surface area contributed by atoms with Gasteiger partial charge in [0.25, 0.3) is 5.91 Å². The lowest BCUT2D eigenvalue weighted by molar-refractivity contribution is -0.0502. The van der Waals surface area contributed by atoms with E-state index in [0.29, 0.717) is 6.54 Å². The van der Waals surface area contributed by atoms with E-state index in [1.165, 1.54) is 34.4 Å². The van der Waals surface area contributed by atoms with Crippen LogP contribution in [0.3, 0.4) is 0 Å². The van der Waals surface area contributed by atoms with E-state index in [1.54, 1.807) is 13.1 Å². The largest absolute Gasteiger partial charge is 0.434 e. The smallest absolute Gasteiger partial charge is 0.387 e. The van der Waals surface area contributed by atoms with Crippen LogP contribution in [-0.4, -0.2) is 29.5 Å². The summed E-state index contributed by atoms with van der Waals surface area (Å²) in [5.41, 5.74) is 0.868. The second-order valence-corrected chi connectivity index (χ2v) is 5.46. The molecule has 0 bridgehead atoms. The molecule has 112 valence electrons. The summed E-state index contributed by atoms with van der Waals surface area (Å²) < 4.78 is 29.1. The van der Waals surface area contributed by atoms with Crippen molar-refractivity contribution in [2.45, 2.75) is 20.1 Å². The van der Waals surface area contributed by atoms with Crippen molar-refractivity contribution < 1.29 is 18.3 Å². The molecule has 4 nitrogen and oxygen atoms in total. The molecular formula is C14H14F2N2O2S. The van der Waals surface area contributed by atoms with Gasteiger partial charge in [0.2, 0.25) is 0 Å². The lowest BCUT2D eigenvalue weighted by Gasteiger charge is -2.18. The van der Waals surface area contributed by atoms with Gasteiger partial charge in [-0.3, -0.25) is 4.79 Å². The van der Waals surface area contributed by atoms with Gasteiger partial charge in [-0.25, -0.2) is 4.98 Å². The van der Waals surface area contributed by atoms with Crippen molar-refractivity contribution in [1.82, 2.24) is 9.88 Å². The minimum absolute atomic E-state index is 0.104. The highest BCUT2D eigenvalue weighted by molar-refractivity contribution is 7.09. The Bertz CT molecular complexity index is 631. The predicted molar refractivity (Wildman–Crippen MR) is 75.7 cm³/mol. The highest BCUT2D eigenvalue weighted by Gasteiger charge is 2.19. The number of nitrogens with zero attached hydrogens (tertiary/aromatic N) is 2. The molecular weight excluding hydrogens is 298 g/mol. The first-order chi connectivity index (χ1) is 9.97. The van der Waals surface area contributed by atoms with E-state index in [0.717, 1.165) is 10.7 Å². The monoisotopic (exact) mass is 312 g/mol. The van der Waals surface area contributed by atoms with Gasteiger partial charge in [0.05, 0.1) is 22.8 Å². The van der Waals surface area contributed by atoms with Crippen LogP contribution < -0.4 is 4.74 Å². The first kappa shape index (κ1) is 15.4. The van der Waals surface area contributed by atoms with Crippen molar-refractivity contribution in [1.29, 1.82) is 0 Å². The zero-order valence-electron chi connectivity index (χ0n) is 11.5. The average Bonchev–Trinajstić information content (AvgIpc) is 2.83. The number of hydrogen-bond donors (Lipinski definition) is 0. The minimum Gasteiger partial charge on any atom is -0.434 e. The van der Waals surface area contributed by atoms with Crippen LogP contribution in [0.25, 0.3) is 0 Å². The van der Waals surface area contributed by atoms with Crippen LogP contribution in [0.5, 0.6) is 5.75 Å². The van der Waals surface area contributed by atoms with E-state index in [-0.39, 0.29) is 11.3 Å². The number of ether oxygens (including phenoxy) is 1. The number of thiazole rings is 1. The zero-order valence-corrected chi connectivity index (χ0v) is 12.4. The number of halogens is 2. The van der Waals surface area contributed by atoms with E-state index >= 15 is 0 Å². The number of para-hydroxylation sites is 1. The Morgan fingerprint density at radius 3 is 2.76 bits per heavy atom. The molecule has 0 unspecified atom stereocenters. The summed E-state index contributed by atoms with van der Waals surface area (Å²) in [6.45, 7) is -0.779. The molecule has 0 aliphatic heterocycles. The molecule has 0 saturated carbocycles. The second kappa shape index (κ2) is 6.62. The summed E-state index contributed by atoms with van der Waals surface area (Å²) in [4.78, 5) is 18.0. The molecule has 0 aliphatic carbocycles. The van der Waals surface area contributed by atoms with E-state index < -0.39 is 12.5 Å². The molecule has 0 spiro atoms. The molecule has 1 heterocycles. The minimum atomic E-state index is -2.97. The van der Waals surface area contributed by atoms with Crippen LogP contribution >= 0.6 is 11.3 Å². The van der Waals surface area contributed by atoms with Crippen LogP contribution in [0, 0.1) is 6.92 Å². The Morgan fingerprint density at radius 1 is 1.43 bits per heavy atom. The Morgan fingerprint density at radius 2 is 2.14 bits per heavy atom. The normalized spacial score (nSPS) is 10.7. The predicted octanol–water partition coefficient (Wildman–Crippen LogP) is 3.33. The van der Waals surface area contributed by atoms with Gasteiger partial charge in [0, 0.05) is 12.4 Å². The van der Waals surface area contributed by atoms with Gasteiger partial charge in [-0.05, 0) is 19.1 Å². The van der Waals surface area contributed by atoms with Crippen LogP contribution in [0.4, 0.5) is 8.78 Å². The van der Waals surface area contributed by atoms with Gasteiger partial charge < -0.3 is 9.64 Å². The highest BCUT2D eigenvalue weighted by atomic mass is 32.1. The number of aromatic nitrogens is 1. The van der Waals surface area contributed by atoms with Gasteiger partial charge in [-0.1, -0.05) is 12.1 Å². The summed E-state index contributed by atoms with van der Waals surface area (Å²) in [6.07, 6.45) is 0. The molecule has 1 aromatic carbocycles. The van der Waals surface area contributed by atoms with E-state index in [9.17, 15) is 13.6 Å². The zero-order chi connectivity index (χ0) is 15.4. The summed E-state index contributed by atoms with van der Waals surface area (Å²) >= 11 is 1.49. The van der Waals surface area contributed by atoms with E-state index in [2.05, 4.69) is 9.72 Å². The molecule has 0 fully saturated rings. The molecule has 0 N–H and O–H groups in total. The molecule has 0 atom stereocenters. The van der Waals surface area contributed by atoms with Gasteiger partial charge in [0.15, 0.2) is 0 Å². The molecule has 0 aliphatic rings. The number of benzene rings is 1. The van der Waals surface area contributed by atoms with Crippen molar-refractivity contribution in [3.05, 3.63) is 45.9 Å². The fourth-order valence-electron chi connectivity index (χ4n) is 1.84. The van der Waals surface area contributed by atoms with Gasteiger partial charge in [-0.2, -0.15) is 8.78 Å². The fraction of sp³-hybridized carbons (Fsp3) is 0.286. The Hall–Kier alpha value is -2.02. The van der Waals surface area contributed by atoms with Crippen molar-refractivity contribution in [2.24, 2.45) is 0 Å². The van der Waals surface area contributed by atoms with Crippen LogP contribution in [0.2, 0.25) is 0 Å². The molecule has 1 amide bonds. The number of amides is 1. The van der Waals surface area contributed by atoms with Crippen molar-refractivity contribution in [3.63, 3.8) is 0 Å². The molecule has 0 saturated heterocycles. The third-order valence-corrected chi connectivity index (χ3v) is 3.57. The second-order valence-electron chi connectivity index (χ2n) is 4.39. The molecule has 21 heavy (non-hydrogen) atoms. The lowest BCUT2D eigenvalue weighted by Crippen LogP contribution is -2.27. The molecule has 2 rings (SSSR count). The maximum Gasteiger partial charge on any atom is 0.387 e. The first-order valence-corrected chi connectivity index (χ1v) is 7.05. The van der Waals surface area contributed by atoms with Crippen molar-refractivity contribution in [3.8, 4) is 5.75 Å². The lowest BCUT2D eigenvalue weighted by atomic mass is 10.1. The third-order valence-electron chi connectivity index (χ3n) is 2.75. The average molecular weight is 312 g/mol. The Labute approximate surface area is 125 Å². The summed E-state index contributed by atoms with van der Waals surface area (Å²) in [5.74, 6) is -0.518. The van der Waals surface area contributed by atoms with Crippen molar-refractivity contribution in [2.75, 3.05) is 7.05 Å². The number of aryl methyl sites for hydroxylation is 1. The molecule has 0 radical (unpaired) electrons. The van der Waals surface area contributed by atoms with Crippen LogP contribution in [0.1, 0.15) is 21.1 Å². The SMILES string of the molecule is Cc1nc(CN(C)C(=O)c2ccccc2OC(F)F)cs1. The van der Waals surface area contributed by atoms with E-state index in [1.807, 2.05) is 12.3 Å². The third kappa shape index (κ3) is 3.98. The van der Waals surface area contributed by atoms with Gasteiger partial charge in [-0.15, -0.1) is 11.3 Å². The van der Waals surface area contributed by atoms with Gasteiger partial charge >= 0.3 is 6.61 Å². The maximum absolute atomic E-state index is 12.4. The molecule has 7 heteroatoms. The summed E-state index contributed by atoms with van der Waals surface area (Å²) in [5, 5.41) is 2.77. The standard InChI is InChI=1S/C14H14F2N2O2S/c1-9-17-10(8-21-9)7-18(2)13(19)11-5-3-4-6-12(11)20-14(15)16/h3-6,8,14H,7H2,1-2H3. The first-order valence-electron chi connectivity index (χ1n) is 6.17. The number of hydrogen-bond acceptors (Lipinski definition) is 4. The quantitative estimate of drug-likeness (QED) is 0.850. The maximum atomic E-state index is 12.4. The Kier molecular flexibility index (Phi) is 4.85. The summed E-state index contributed by atoms with van der Waals surface area (Å²) in [7, 11) is 1.59. The number of carbonyl (C=O) groups excluding carboxylic acids is 1. The molecule has 2 aromatic rings. The van der Waals surface area contributed by atoms with E-state index in [4.69, 9.17) is 0 Å². The molecule has 1 aromatic heterocycles. The van der Waals surface area contributed by atoms with Crippen LogP contribution in [-0.2, 0) is 6.54 Å². The topological polar surface area (TPSA) is 42.4 Å². The summed E-state index contributed by atoms with van der Waals surface area (Å²) in [6, 6.07) is 5.95. The Balaban J connectivity index is 2.15. The highest BCUT2D eigenvalue weighted by Crippen LogP contribution is 2.22. The number of rotatable bonds is 5. The number of alkyl halides is 2. The van der Waals surface area contributed by atoms with Crippen LogP contribution in [0.15, 0.2) is 29.6 Å². The van der Waals surface area contributed by atoms with Crippen molar-refractivity contribution >= 4 is 17.2 Å². The fourth-order valence-corrected chi connectivity index (χ4v) is 2.45.